The molecule has 41 heavy (non-hydrogen) atoms. The Morgan fingerprint density at radius 2 is 1.90 bits per heavy atom. The van der Waals surface area contributed by atoms with E-state index in [2.05, 4.69) is 13.8 Å². The summed E-state index contributed by atoms with van der Waals surface area (Å²) in [5, 5.41) is 0. The number of hydrogen-bond donors (Lipinski definition) is 0. The van der Waals surface area contributed by atoms with Gasteiger partial charge in [-0.3, -0.25) is 9.69 Å². The maximum absolute atomic E-state index is 13.5. The van der Waals surface area contributed by atoms with Crippen molar-refractivity contribution in [2.24, 2.45) is 5.41 Å². The predicted molar refractivity (Wildman–Crippen MR) is 153 cm³/mol. The van der Waals surface area contributed by atoms with E-state index < -0.39 is 30.0 Å². The van der Waals surface area contributed by atoms with E-state index in [1.165, 1.54) is 6.92 Å². The Balaban J connectivity index is 1.74. The first-order valence-electron chi connectivity index (χ1n) is 14.0. The van der Waals surface area contributed by atoms with E-state index in [0.717, 1.165) is 53.8 Å². The van der Waals surface area contributed by atoms with Crippen LogP contribution >= 0.6 is 0 Å². The van der Waals surface area contributed by atoms with E-state index in [1.807, 2.05) is 32.0 Å². The molecule has 222 valence electrons. The Morgan fingerprint density at radius 3 is 2.51 bits per heavy atom. The molecule has 2 atom stereocenters. The predicted octanol–water partition coefficient (Wildman–Crippen LogP) is 7.94. The Bertz CT molecular complexity index is 1370. The number of rotatable bonds is 7. The Morgan fingerprint density at radius 1 is 1.20 bits per heavy atom. The van der Waals surface area contributed by atoms with Crippen molar-refractivity contribution in [3.8, 4) is 5.75 Å². The Labute approximate surface area is 240 Å². The largest absolute Gasteiger partial charge is 0.496 e. The number of ether oxygens (including phenoxy) is 2. The van der Waals surface area contributed by atoms with Gasteiger partial charge in [-0.05, 0) is 92.5 Å². The molecular formula is C32H39F3N2O4. The Kier molecular flexibility index (Phi) is 8.48. The monoisotopic (exact) mass is 572 g/mol. The highest BCUT2D eigenvalue weighted by atomic mass is 19.4. The first-order valence-corrected chi connectivity index (χ1v) is 14.0. The lowest BCUT2D eigenvalue weighted by Gasteiger charge is -2.36. The number of carbonyl (C=O) groups excluding carboxylic acids is 2. The number of nitrogens with zero attached hydrogens (tertiary/aromatic N) is 2. The third-order valence-electron chi connectivity index (χ3n) is 8.20. The fourth-order valence-corrected chi connectivity index (χ4v) is 6.08. The molecule has 9 heteroatoms. The number of hydrogen-bond acceptors (Lipinski definition) is 4. The van der Waals surface area contributed by atoms with E-state index in [4.69, 9.17) is 9.47 Å². The second kappa shape index (κ2) is 11.4. The molecule has 0 unspecified atom stereocenters. The molecule has 0 radical (unpaired) electrons. The van der Waals surface area contributed by atoms with Gasteiger partial charge in [0.15, 0.2) is 0 Å². The number of amides is 2. The summed E-state index contributed by atoms with van der Waals surface area (Å²) in [5.74, 6) is 0.613. The summed E-state index contributed by atoms with van der Waals surface area (Å²) >= 11 is 0. The van der Waals surface area contributed by atoms with E-state index in [1.54, 1.807) is 29.9 Å². The van der Waals surface area contributed by atoms with Gasteiger partial charge in [0.05, 0.1) is 18.7 Å². The minimum absolute atomic E-state index is 0.0110. The van der Waals surface area contributed by atoms with Crippen molar-refractivity contribution in [2.45, 2.75) is 79.1 Å². The van der Waals surface area contributed by atoms with E-state index in [0.29, 0.717) is 23.4 Å². The summed E-state index contributed by atoms with van der Waals surface area (Å²) in [6.07, 6.45) is -3.47. The molecule has 0 aromatic heterocycles. The van der Waals surface area contributed by atoms with Crippen LogP contribution in [-0.2, 0) is 15.7 Å². The molecule has 1 aliphatic heterocycles. The molecule has 4 rings (SSSR count). The van der Waals surface area contributed by atoms with Crippen molar-refractivity contribution in [2.75, 3.05) is 25.1 Å². The summed E-state index contributed by atoms with van der Waals surface area (Å²) in [6, 6.07) is 9.03. The van der Waals surface area contributed by atoms with Crippen LogP contribution in [0, 0.1) is 12.3 Å². The van der Waals surface area contributed by atoms with Crippen LogP contribution in [-0.4, -0.2) is 43.1 Å². The fourth-order valence-electron chi connectivity index (χ4n) is 6.08. The topological polar surface area (TPSA) is 59.1 Å². The van der Waals surface area contributed by atoms with E-state index in [-0.39, 0.29) is 17.9 Å². The molecule has 0 spiro atoms. The van der Waals surface area contributed by atoms with E-state index in [9.17, 15) is 22.8 Å². The van der Waals surface area contributed by atoms with Crippen LogP contribution in [0.15, 0.2) is 42.0 Å². The highest BCUT2D eigenvalue weighted by Gasteiger charge is 2.42. The standard InChI is InChI=1S/C32H39F3N2O4/c1-8-36(21(4)38)25-9-10-28(40-7)27(16-25)26-11-12-31(5,6)17-23(26)18-37-20(3)29(41-30(37)39)22-13-19(2)14-24(15-22)32(33,34)35/h9-10,13-16,20,29H,8,11-12,17-18H2,1-7H3/t20-,29-/m0/s1. The maximum Gasteiger partial charge on any atom is 0.416 e. The minimum atomic E-state index is -4.50. The zero-order chi connectivity index (χ0) is 30.3. The quantitative estimate of drug-likeness (QED) is 0.338. The first kappa shape index (κ1) is 30.5. The van der Waals surface area contributed by atoms with Gasteiger partial charge < -0.3 is 14.4 Å². The number of alkyl halides is 3. The van der Waals surface area contributed by atoms with Crippen molar-refractivity contribution in [3.05, 3.63) is 64.2 Å². The minimum Gasteiger partial charge on any atom is -0.496 e. The van der Waals surface area contributed by atoms with Crippen molar-refractivity contribution in [1.82, 2.24) is 4.90 Å². The van der Waals surface area contributed by atoms with Gasteiger partial charge in [0.1, 0.15) is 11.9 Å². The molecule has 1 saturated heterocycles. The third kappa shape index (κ3) is 6.39. The average molecular weight is 573 g/mol. The highest BCUT2D eigenvalue weighted by Crippen LogP contribution is 2.46. The number of carbonyl (C=O) groups is 2. The molecule has 0 N–H and O–H groups in total. The number of anilines is 1. The lowest BCUT2D eigenvalue weighted by atomic mass is 9.72. The van der Waals surface area contributed by atoms with Gasteiger partial charge in [-0.2, -0.15) is 13.2 Å². The molecule has 1 aliphatic carbocycles. The maximum atomic E-state index is 13.5. The average Bonchev–Trinajstić information content (AvgIpc) is 3.16. The highest BCUT2D eigenvalue weighted by molar-refractivity contribution is 5.92. The lowest BCUT2D eigenvalue weighted by Crippen LogP contribution is -2.35. The molecule has 0 saturated carbocycles. The van der Waals surface area contributed by atoms with Crippen LogP contribution in [0.2, 0.25) is 0 Å². The Hall–Kier alpha value is -3.49. The zero-order valence-electron chi connectivity index (χ0n) is 24.8. The summed E-state index contributed by atoms with van der Waals surface area (Å²) in [6.45, 7) is 12.0. The number of allylic oxidation sites excluding steroid dienone is 1. The molecule has 1 heterocycles. The van der Waals surface area contributed by atoms with Crippen LogP contribution in [0.25, 0.3) is 5.57 Å². The smallest absolute Gasteiger partial charge is 0.416 e. The van der Waals surface area contributed by atoms with Gasteiger partial charge in [-0.25, -0.2) is 4.79 Å². The van der Waals surface area contributed by atoms with Gasteiger partial charge in [0.2, 0.25) is 5.91 Å². The molecule has 1 fully saturated rings. The van der Waals surface area contributed by atoms with Crippen LogP contribution in [0.4, 0.5) is 23.7 Å². The molecule has 2 aliphatic rings. The number of cyclic esters (lactones) is 1. The first-order chi connectivity index (χ1) is 19.1. The van der Waals surface area contributed by atoms with Crippen LogP contribution < -0.4 is 9.64 Å². The number of halogens is 3. The second-order valence-corrected chi connectivity index (χ2v) is 11.9. The van der Waals surface area contributed by atoms with Gasteiger partial charge >= 0.3 is 12.3 Å². The van der Waals surface area contributed by atoms with Crippen LogP contribution in [0.5, 0.6) is 5.75 Å². The van der Waals surface area contributed by atoms with Gasteiger partial charge in [0, 0.05) is 31.3 Å². The summed E-state index contributed by atoms with van der Waals surface area (Å²) in [4.78, 5) is 28.8. The number of benzene rings is 2. The van der Waals surface area contributed by atoms with Gasteiger partial charge in [-0.15, -0.1) is 0 Å². The number of aryl methyl sites for hydroxylation is 1. The molecule has 2 aromatic rings. The molecule has 6 nitrogen and oxygen atoms in total. The molecular weight excluding hydrogens is 533 g/mol. The summed E-state index contributed by atoms with van der Waals surface area (Å²) < 4.78 is 52.0. The van der Waals surface area contributed by atoms with Gasteiger partial charge in [0.25, 0.3) is 0 Å². The normalized spacial score (nSPS) is 20.7. The lowest BCUT2D eigenvalue weighted by molar-refractivity contribution is -0.137. The second-order valence-electron chi connectivity index (χ2n) is 11.9. The number of methoxy groups -OCH3 is 1. The zero-order valence-corrected chi connectivity index (χ0v) is 24.8. The SMILES string of the molecule is CCN(C(C)=O)c1ccc(OC)c(C2=C(CN3C(=O)O[C@H](c4cc(C)cc(C(F)(F)F)c4)[C@@H]3C)CC(C)(C)CC2)c1. The van der Waals surface area contributed by atoms with E-state index >= 15 is 0 Å². The van der Waals surface area contributed by atoms with Crippen LogP contribution in [0.3, 0.4) is 0 Å². The molecule has 2 amide bonds. The van der Waals surface area contributed by atoms with Crippen molar-refractivity contribution < 1.29 is 32.2 Å². The third-order valence-corrected chi connectivity index (χ3v) is 8.20. The fraction of sp³-hybridized carbons (Fsp3) is 0.500. The summed E-state index contributed by atoms with van der Waals surface area (Å²) in [5.41, 5.74) is 3.76. The molecule has 2 aromatic carbocycles. The van der Waals surface area contributed by atoms with Crippen molar-refractivity contribution in [3.63, 3.8) is 0 Å². The molecule has 0 bridgehead atoms. The van der Waals surface area contributed by atoms with Crippen molar-refractivity contribution in [1.29, 1.82) is 0 Å². The summed E-state index contributed by atoms with van der Waals surface area (Å²) in [7, 11) is 1.61. The van der Waals surface area contributed by atoms with Gasteiger partial charge in [-0.1, -0.05) is 25.5 Å². The van der Waals surface area contributed by atoms with Crippen molar-refractivity contribution >= 4 is 23.3 Å². The van der Waals surface area contributed by atoms with Crippen LogP contribution in [0.1, 0.15) is 82.2 Å².